The monoisotopic (exact) mass is 487 g/mol. The molecule has 1 N–H and O–H groups in total. The summed E-state index contributed by atoms with van der Waals surface area (Å²) in [4.78, 5) is 27.7. The van der Waals surface area contributed by atoms with Gasteiger partial charge in [-0.3, -0.25) is 13.9 Å². The van der Waals surface area contributed by atoms with Crippen molar-refractivity contribution in [2.75, 3.05) is 23.7 Å². The number of unbranched alkanes of at least 4 members (excludes halogenated alkanes) is 1. The lowest BCUT2D eigenvalue weighted by molar-refractivity contribution is -0.139. The zero-order chi connectivity index (χ0) is 25.3. The van der Waals surface area contributed by atoms with Gasteiger partial charge in [0.05, 0.1) is 11.9 Å². The van der Waals surface area contributed by atoms with Gasteiger partial charge in [0.25, 0.3) is 0 Å². The molecule has 0 fully saturated rings. The van der Waals surface area contributed by atoms with E-state index in [1.165, 1.54) is 4.90 Å². The predicted molar refractivity (Wildman–Crippen MR) is 137 cm³/mol. The number of hydrogen-bond acceptors (Lipinski definition) is 4. The molecule has 186 valence electrons. The first-order chi connectivity index (χ1) is 16.0. The van der Waals surface area contributed by atoms with E-state index in [0.717, 1.165) is 34.5 Å². The first-order valence-corrected chi connectivity index (χ1v) is 13.6. The highest BCUT2D eigenvalue weighted by atomic mass is 32.2. The minimum absolute atomic E-state index is 0.200. The van der Waals surface area contributed by atoms with Gasteiger partial charge < -0.3 is 10.2 Å². The summed E-state index contributed by atoms with van der Waals surface area (Å²) < 4.78 is 26.3. The molecule has 0 aliphatic rings. The van der Waals surface area contributed by atoms with Crippen molar-refractivity contribution in [2.24, 2.45) is 0 Å². The molecule has 2 amide bonds. The molecule has 34 heavy (non-hydrogen) atoms. The number of nitrogens with one attached hydrogen (secondary N) is 1. The molecule has 0 spiro atoms. The number of carbonyl (C=O) groups is 2. The minimum atomic E-state index is -3.73. The van der Waals surface area contributed by atoms with E-state index in [2.05, 4.69) is 19.2 Å². The summed E-state index contributed by atoms with van der Waals surface area (Å²) in [6.45, 7) is 8.16. The number of rotatable bonds is 12. The Bertz CT molecular complexity index is 1040. The maximum atomic E-state index is 13.5. The minimum Gasteiger partial charge on any atom is -0.354 e. The molecule has 8 heteroatoms. The normalized spacial score (nSPS) is 12.3. The molecule has 0 radical (unpaired) electrons. The van der Waals surface area contributed by atoms with E-state index in [-0.39, 0.29) is 19.0 Å². The van der Waals surface area contributed by atoms with Crippen LogP contribution in [0.15, 0.2) is 54.6 Å². The maximum Gasteiger partial charge on any atom is 0.244 e. The van der Waals surface area contributed by atoms with Gasteiger partial charge in [0.2, 0.25) is 21.8 Å². The molecule has 0 bridgehead atoms. The summed E-state index contributed by atoms with van der Waals surface area (Å²) in [5, 5.41) is 2.87. The van der Waals surface area contributed by atoms with Crippen molar-refractivity contribution in [3.63, 3.8) is 0 Å². The van der Waals surface area contributed by atoms with Gasteiger partial charge in [0.1, 0.15) is 12.6 Å². The lowest BCUT2D eigenvalue weighted by Gasteiger charge is -2.31. The van der Waals surface area contributed by atoms with Crippen LogP contribution in [-0.2, 0) is 26.2 Å². The van der Waals surface area contributed by atoms with E-state index in [1.54, 1.807) is 19.1 Å². The Morgan fingerprint density at radius 1 is 0.971 bits per heavy atom. The Morgan fingerprint density at radius 2 is 1.59 bits per heavy atom. The van der Waals surface area contributed by atoms with Crippen LogP contribution in [0.2, 0.25) is 0 Å². The van der Waals surface area contributed by atoms with Crippen molar-refractivity contribution >= 4 is 27.5 Å². The van der Waals surface area contributed by atoms with Crippen LogP contribution in [0.4, 0.5) is 5.69 Å². The van der Waals surface area contributed by atoms with Crippen LogP contribution in [0, 0.1) is 0 Å². The zero-order valence-electron chi connectivity index (χ0n) is 20.8. The first kappa shape index (κ1) is 27.4. The Balaban J connectivity index is 2.32. The summed E-state index contributed by atoms with van der Waals surface area (Å²) in [7, 11) is -3.73. The predicted octanol–water partition coefficient (Wildman–Crippen LogP) is 3.91. The molecule has 2 aromatic carbocycles. The van der Waals surface area contributed by atoms with E-state index in [4.69, 9.17) is 0 Å². The molecule has 0 saturated heterocycles. The molecular weight excluding hydrogens is 450 g/mol. The molecule has 2 aromatic rings. The van der Waals surface area contributed by atoms with Crippen LogP contribution in [0.1, 0.15) is 57.6 Å². The van der Waals surface area contributed by atoms with Gasteiger partial charge in [-0.15, -0.1) is 0 Å². The highest BCUT2D eigenvalue weighted by Crippen LogP contribution is 2.22. The van der Waals surface area contributed by atoms with Crippen LogP contribution in [0.3, 0.4) is 0 Å². The number of nitrogens with zero attached hydrogens (tertiary/aromatic N) is 2. The fraction of sp³-hybridized carbons (Fsp3) is 0.462. The summed E-state index contributed by atoms with van der Waals surface area (Å²) in [6, 6.07) is 15.8. The van der Waals surface area contributed by atoms with Crippen molar-refractivity contribution in [2.45, 2.75) is 59.0 Å². The second kappa shape index (κ2) is 12.6. The standard InChI is InChI=1S/C26H37N3O4S/c1-6-7-17-27-26(31)21(4)28(18-22-11-9-8-10-12-22)25(30)19-29(34(5,32)33)24-15-13-23(14-16-24)20(2)3/h8-16,20-21H,6-7,17-19H2,1-5H3,(H,27,31)/t21-/m0/s1. The summed E-state index contributed by atoms with van der Waals surface area (Å²) in [5.41, 5.74) is 2.35. The van der Waals surface area contributed by atoms with E-state index < -0.39 is 22.0 Å². The smallest absolute Gasteiger partial charge is 0.244 e. The first-order valence-electron chi connectivity index (χ1n) is 11.7. The van der Waals surface area contributed by atoms with Gasteiger partial charge in [-0.2, -0.15) is 0 Å². The molecular formula is C26H37N3O4S. The molecule has 1 atom stereocenters. The van der Waals surface area contributed by atoms with Gasteiger partial charge in [0.15, 0.2) is 0 Å². The lowest BCUT2D eigenvalue weighted by atomic mass is 10.0. The Labute approximate surface area is 204 Å². The summed E-state index contributed by atoms with van der Waals surface area (Å²) in [6.07, 6.45) is 2.87. The second-order valence-corrected chi connectivity index (χ2v) is 10.8. The Hall–Kier alpha value is -2.87. The number of amides is 2. The zero-order valence-corrected chi connectivity index (χ0v) is 21.6. The van der Waals surface area contributed by atoms with Gasteiger partial charge >= 0.3 is 0 Å². The van der Waals surface area contributed by atoms with Crippen LogP contribution in [0.5, 0.6) is 0 Å². The van der Waals surface area contributed by atoms with Crippen molar-refractivity contribution < 1.29 is 18.0 Å². The third kappa shape index (κ3) is 7.87. The van der Waals surface area contributed by atoms with E-state index in [1.807, 2.05) is 49.4 Å². The average Bonchev–Trinajstić information content (AvgIpc) is 2.80. The van der Waals surface area contributed by atoms with Gasteiger partial charge in [-0.05, 0) is 42.5 Å². The average molecular weight is 488 g/mol. The molecule has 0 aliphatic heterocycles. The SMILES string of the molecule is CCCCNC(=O)[C@H](C)N(Cc1ccccc1)C(=O)CN(c1ccc(C(C)C)cc1)S(C)(=O)=O. The largest absolute Gasteiger partial charge is 0.354 e. The van der Waals surface area contributed by atoms with Crippen molar-refractivity contribution in [3.05, 3.63) is 65.7 Å². The van der Waals surface area contributed by atoms with Gasteiger partial charge in [0, 0.05) is 13.1 Å². The molecule has 0 unspecified atom stereocenters. The second-order valence-electron chi connectivity index (χ2n) is 8.84. The number of benzene rings is 2. The topological polar surface area (TPSA) is 86.8 Å². The summed E-state index contributed by atoms with van der Waals surface area (Å²) >= 11 is 0. The van der Waals surface area contributed by atoms with E-state index in [9.17, 15) is 18.0 Å². The molecule has 0 aliphatic carbocycles. The number of sulfonamides is 1. The number of hydrogen-bond donors (Lipinski definition) is 1. The van der Waals surface area contributed by atoms with E-state index in [0.29, 0.717) is 18.2 Å². The highest BCUT2D eigenvalue weighted by molar-refractivity contribution is 7.92. The van der Waals surface area contributed by atoms with Crippen molar-refractivity contribution in [3.8, 4) is 0 Å². The lowest BCUT2D eigenvalue weighted by Crippen LogP contribution is -2.51. The molecule has 2 rings (SSSR count). The Kier molecular flexibility index (Phi) is 10.1. The Morgan fingerprint density at radius 3 is 2.12 bits per heavy atom. The third-order valence-electron chi connectivity index (χ3n) is 5.72. The van der Waals surface area contributed by atoms with E-state index >= 15 is 0 Å². The summed E-state index contributed by atoms with van der Waals surface area (Å²) in [5.74, 6) is -0.402. The van der Waals surface area contributed by atoms with Crippen LogP contribution in [-0.4, -0.2) is 50.5 Å². The van der Waals surface area contributed by atoms with Gasteiger partial charge in [-0.25, -0.2) is 8.42 Å². The molecule has 0 heterocycles. The molecule has 0 aromatic heterocycles. The fourth-order valence-corrected chi connectivity index (χ4v) is 4.39. The fourth-order valence-electron chi connectivity index (χ4n) is 3.54. The molecule has 7 nitrogen and oxygen atoms in total. The highest BCUT2D eigenvalue weighted by Gasteiger charge is 2.30. The quantitative estimate of drug-likeness (QED) is 0.460. The van der Waals surface area contributed by atoms with Crippen molar-refractivity contribution in [1.82, 2.24) is 10.2 Å². The number of carbonyl (C=O) groups excluding carboxylic acids is 2. The number of anilines is 1. The van der Waals surface area contributed by atoms with Crippen LogP contribution >= 0.6 is 0 Å². The van der Waals surface area contributed by atoms with Crippen LogP contribution < -0.4 is 9.62 Å². The third-order valence-corrected chi connectivity index (χ3v) is 6.86. The maximum absolute atomic E-state index is 13.5. The van der Waals surface area contributed by atoms with Crippen LogP contribution in [0.25, 0.3) is 0 Å². The van der Waals surface area contributed by atoms with Gasteiger partial charge in [-0.1, -0.05) is 69.7 Å². The van der Waals surface area contributed by atoms with Crippen molar-refractivity contribution in [1.29, 1.82) is 0 Å². The molecule has 0 saturated carbocycles.